The van der Waals surface area contributed by atoms with Gasteiger partial charge < -0.3 is 0 Å². The van der Waals surface area contributed by atoms with Crippen molar-refractivity contribution in [3.05, 3.63) is 58.9 Å². The minimum absolute atomic E-state index is 1.26. The smallest absolute Gasteiger partial charge is 0.0644 e. The molecule has 0 aromatic heterocycles. The van der Waals surface area contributed by atoms with E-state index in [-0.39, 0.29) is 0 Å². The maximum Gasteiger partial charge on any atom is 0.195 e. The lowest BCUT2D eigenvalue weighted by atomic mass is 10.1. The zero-order valence-electron chi connectivity index (χ0n) is 13.7. The van der Waals surface area contributed by atoms with E-state index in [0.717, 1.165) is 0 Å². The summed E-state index contributed by atoms with van der Waals surface area (Å²) in [5.74, 6) is 0. The van der Waals surface area contributed by atoms with Crippen molar-refractivity contribution in [3.63, 3.8) is 0 Å². The highest BCUT2D eigenvalue weighted by molar-refractivity contribution is 7.06. The summed E-state index contributed by atoms with van der Waals surface area (Å²) in [4.78, 5) is 1.76. The van der Waals surface area contributed by atoms with Crippen LogP contribution in [0.1, 0.15) is 12.0 Å². The highest BCUT2D eigenvalue weighted by atomic mass is 28.4. The van der Waals surface area contributed by atoms with E-state index in [0.29, 0.717) is 0 Å². The van der Waals surface area contributed by atoms with Gasteiger partial charge in [-0.2, -0.15) is 0 Å². The highest BCUT2D eigenvalue weighted by Gasteiger charge is 2.44. The molecule has 21 heavy (non-hydrogen) atoms. The summed E-state index contributed by atoms with van der Waals surface area (Å²) < 4.78 is 0. The van der Waals surface area contributed by atoms with E-state index in [2.05, 4.69) is 74.7 Å². The Bertz CT molecular complexity index is 672. The van der Waals surface area contributed by atoms with Crippen LogP contribution in [0.15, 0.2) is 47.3 Å². The average Bonchev–Trinajstić information content (AvgIpc) is 2.42. The van der Waals surface area contributed by atoms with E-state index < -0.39 is 16.1 Å². The van der Waals surface area contributed by atoms with Gasteiger partial charge >= 0.3 is 0 Å². The van der Waals surface area contributed by atoms with Gasteiger partial charge in [0.15, 0.2) is 5.56 Å². The van der Waals surface area contributed by atoms with Crippen molar-refractivity contribution >= 4 is 26.9 Å². The monoisotopic (exact) mass is 309 g/mol. The van der Waals surface area contributed by atoms with Gasteiger partial charge in [-0.15, -0.1) is 0 Å². The van der Waals surface area contributed by atoms with Crippen LogP contribution in [0.4, 0.5) is 0 Å². The summed E-state index contributed by atoms with van der Waals surface area (Å²) in [6.45, 7) is 10.2. The molecule has 2 aromatic carbocycles. The molecule has 0 radical (unpaired) electrons. The number of hydrogen-bond donors (Lipinski definition) is 0. The van der Waals surface area contributed by atoms with Gasteiger partial charge in [-0.3, -0.25) is 0 Å². The topological polar surface area (TPSA) is 0 Å². The van der Waals surface area contributed by atoms with Gasteiger partial charge in [-0.1, -0.05) is 50.8 Å². The molecule has 0 atom stereocenters. The van der Waals surface area contributed by atoms with Crippen molar-refractivity contribution in [2.75, 3.05) is 0 Å². The standard InChI is InChI=1S/C19H25Si2/c1-20(2)13-8-14-21(3,4)19(20)15-17-11-7-10-16-9-5-6-12-18(16)17/h5-7,9-12H,8,13-14H2,1-4H3/q+1. The summed E-state index contributed by atoms with van der Waals surface area (Å²) in [6, 6.07) is 18.2. The van der Waals surface area contributed by atoms with E-state index in [1.807, 2.05) is 0 Å². The number of rotatable bonds is 1. The molecule has 3 rings (SSSR count). The Labute approximate surface area is 130 Å². The maximum atomic E-state index is 3.94. The fourth-order valence-electron chi connectivity index (χ4n) is 3.95. The van der Waals surface area contributed by atoms with Crippen LogP contribution in [0.3, 0.4) is 0 Å². The van der Waals surface area contributed by atoms with Gasteiger partial charge in [-0.05, 0) is 24.3 Å². The Morgan fingerprint density at radius 2 is 1.43 bits per heavy atom. The van der Waals surface area contributed by atoms with Crippen LogP contribution in [0.5, 0.6) is 0 Å². The Balaban J connectivity index is 2.18. The lowest BCUT2D eigenvalue weighted by Gasteiger charge is -2.38. The molecular weight excluding hydrogens is 284 g/mol. The van der Waals surface area contributed by atoms with E-state index in [1.165, 1.54) is 34.8 Å². The molecule has 0 bridgehead atoms. The summed E-state index contributed by atoms with van der Waals surface area (Å²) in [7, 11) is -2.52. The molecule has 0 amide bonds. The van der Waals surface area contributed by atoms with Gasteiger partial charge in [0.05, 0.1) is 22.2 Å². The first-order chi connectivity index (χ1) is 9.90. The normalized spacial score (nSPS) is 20.3. The van der Waals surface area contributed by atoms with Crippen LogP contribution in [-0.2, 0) is 0 Å². The average molecular weight is 310 g/mol. The predicted octanol–water partition coefficient (Wildman–Crippen LogP) is 5.82. The van der Waals surface area contributed by atoms with Crippen molar-refractivity contribution < 1.29 is 0 Å². The number of hydrogen-bond acceptors (Lipinski definition) is 0. The lowest BCUT2D eigenvalue weighted by Crippen LogP contribution is -2.48. The molecule has 1 aliphatic heterocycles. The Morgan fingerprint density at radius 3 is 2.14 bits per heavy atom. The van der Waals surface area contributed by atoms with Gasteiger partial charge in [0, 0.05) is 22.3 Å². The Kier molecular flexibility index (Phi) is 3.65. The zero-order valence-corrected chi connectivity index (χ0v) is 15.7. The summed E-state index contributed by atoms with van der Waals surface area (Å²) >= 11 is 0. The van der Waals surface area contributed by atoms with Crippen LogP contribution in [0.25, 0.3) is 10.8 Å². The maximum absolute atomic E-state index is 3.94. The van der Waals surface area contributed by atoms with Crippen LogP contribution in [0, 0.1) is 6.08 Å². The minimum Gasteiger partial charge on any atom is -0.0644 e. The molecule has 2 aromatic rings. The second kappa shape index (κ2) is 5.20. The number of fused-ring (bicyclic) bond motifs is 1. The van der Waals surface area contributed by atoms with Crippen LogP contribution in [-0.4, -0.2) is 16.1 Å². The van der Waals surface area contributed by atoms with Gasteiger partial charge in [-0.25, -0.2) is 0 Å². The van der Waals surface area contributed by atoms with E-state index in [4.69, 9.17) is 0 Å². The summed E-state index contributed by atoms with van der Waals surface area (Å²) in [5, 5.41) is 2.69. The molecule has 0 spiro atoms. The molecule has 0 unspecified atom stereocenters. The van der Waals surface area contributed by atoms with Gasteiger partial charge in [0.25, 0.3) is 0 Å². The number of benzene rings is 2. The first kappa shape index (κ1) is 14.7. The molecular formula is C19H25Si2+. The molecule has 0 aliphatic carbocycles. The lowest BCUT2D eigenvalue weighted by molar-refractivity contribution is 0.996. The molecule has 108 valence electrons. The SMILES string of the molecule is C[Si]1(C)CCC[Si](C)(C)C1=[C+]c1cccc2ccccc12. The summed E-state index contributed by atoms with van der Waals surface area (Å²) in [5.41, 5.74) is 1.31. The van der Waals surface area contributed by atoms with Crippen LogP contribution in [0.2, 0.25) is 38.3 Å². The third-order valence-corrected chi connectivity index (χ3v) is 15.2. The highest BCUT2D eigenvalue weighted by Crippen LogP contribution is 2.39. The summed E-state index contributed by atoms with van der Waals surface area (Å²) in [6.07, 6.45) is 5.39. The molecule has 0 saturated carbocycles. The van der Waals surface area contributed by atoms with E-state index >= 15 is 0 Å². The van der Waals surface area contributed by atoms with Crippen molar-refractivity contribution in [2.24, 2.45) is 0 Å². The van der Waals surface area contributed by atoms with E-state index in [1.54, 1.807) is 4.82 Å². The van der Waals surface area contributed by atoms with Crippen LogP contribution >= 0.6 is 0 Å². The second-order valence-electron chi connectivity index (χ2n) is 7.65. The molecule has 1 aliphatic rings. The quantitative estimate of drug-likeness (QED) is 0.460. The van der Waals surface area contributed by atoms with Crippen LogP contribution < -0.4 is 0 Å². The van der Waals surface area contributed by atoms with Crippen molar-refractivity contribution in [3.8, 4) is 0 Å². The third kappa shape index (κ3) is 2.76. The Hall–Kier alpha value is -1.22. The van der Waals surface area contributed by atoms with E-state index in [9.17, 15) is 0 Å². The second-order valence-corrected chi connectivity index (χ2v) is 17.7. The van der Waals surface area contributed by atoms with Gasteiger partial charge in [0.2, 0.25) is 0 Å². The van der Waals surface area contributed by atoms with Crippen molar-refractivity contribution in [2.45, 2.75) is 44.7 Å². The molecule has 2 heteroatoms. The van der Waals surface area contributed by atoms with Crippen molar-refractivity contribution in [1.82, 2.24) is 0 Å². The molecule has 1 heterocycles. The first-order valence-corrected chi connectivity index (χ1v) is 14.4. The largest absolute Gasteiger partial charge is 0.195 e. The Morgan fingerprint density at radius 1 is 0.810 bits per heavy atom. The fraction of sp³-hybridized carbons (Fsp3) is 0.368. The molecule has 1 fully saturated rings. The minimum atomic E-state index is -1.26. The predicted molar refractivity (Wildman–Crippen MR) is 99.0 cm³/mol. The molecule has 0 N–H and O–H groups in total. The zero-order chi connectivity index (χ0) is 15.1. The molecule has 0 nitrogen and oxygen atoms in total. The molecule has 1 saturated heterocycles. The fourth-order valence-corrected chi connectivity index (χ4v) is 15.9. The van der Waals surface area contributed by atoms with Gasteiger partial charge in [0.1, 0.15) is 5.39 Å². The van der Waals surface area contributed by atoms with Crippen molar-refractivity contribution in [1.29, 1.82) is 0 Å². The third-order valence-electron chi connectivity index (χ3n) is 5.01. The first-order valence-electron chi connectivity index (χ1n) is 8.03.